The maximum atomic E-state index is 12.8. The number of carbonyl (C=O) groups excluding carboxylic acids is 1. The van der Waals surface area contributed by atoms with Gasteiger partial charge in [-0.3, -0.25) is 14.2 Å². The van der Waals surface area contributed by atoms with Crippen LogP contribution in [0.2, 0.25) is 0 Å². The number of aromatic nitrogens is 2. The van der Waals surface area contributed by atoms with Crippen LogP contribution in [-0.4, -0.2) is 24.1 Å². The maximum Gasteiger partial charge on any atom is 0.262 e. The zero-order chi connectivity index (χ0) is 18.3. The summed E-state index contributed by atoms with van der Waals surface area (Å²) in [5.41, 5.74) is 3.25. The molecule has 0 unspecified atom stereocenters. The maximum absolute atomic E-state index is 12.8. The lowest BCUT2D eigenvalue weighted by Crippen LogP contribution is -2.13. The van der Waals surface area contributed by atoms with Crippen LogP contribution in [-0.2, 0) is 28.3 Å². The zero-order valence-electron chi connectivity index (χ0n) is 13.9. The number of rotatable bonds is 4. The van der Waals surface area contributed by atoms with E-state index in [1.54, 1.807) is 17.8 Å². The first-order valence-electron chi connectivity index (χ1n) is 7.97. The van der Waals surface area contributed by atoms with Crippen LogP contribution >= 0.6 is 0 Å². The summed E-state index contributed by atoms with van der Waals surface area (Å²) in [5.74, 6) is -0.138. The van der Waals surface area contributed by atoms with E-state index in [2.05, 4.69) is 15.1 Å². The van der Waals surface area contributed by atoms with E-state index < -0.39 is 10.0 Å². The van der Waals surface area contributed by atoms with Crippen LogP contribution in [0, 0.1) is 0 Å². The zero-order valence-corrected chi connectivity index (χ0v) is 14.7. The van der Waals surface area contributed by atoms with Crippen molar-refractivity contribution >= 4 is 27.3 Å². The van der Waals surface area contributed by atoms with E-state index in [0.717, 1.165) is 5.56 Å². The largest absolute Gasteiger partial charge is 0.326 e. The van der Waals surface area contributed by atoms with Crippen LogP contribution in [0.25, 0.3) is 11.3 Å². The van der Waals surface area contributed by atoms with Crippen molar-refractivity contribution in [3.05, 3.63) is 60.3 Å². The minimum atomic E-state index is -3.81. The van der Waals surface area contributed by atoms with Gasteiger partial charge in [0.2, 0.25) is 5.91 Å². The number of benzene rings is 2. The predicted octanol–water partition coefficient (Wildman–Crippen LogP) is 2.38. The highest BCUT2D eigenvalue weighted by Gasteiger charge is 2.23. The van der Waals surface area contributed by atoms with Crippen molar-refractivity contribution in [2.24, 2.45) is 7.05 Å². The van der Waals surface area contributed by atoms with E-state index in [4.69, 9.17) is 0 Å². The minimum absolute atomic E-state index is 0.107. The Morgan fingerprint density at radius 2 is 1.92 bits per heavy atom. The third kappa shape index (κ3) is 2.84. The molecule has 2 aromatic carbocycles. The van der Waals surface area contributed by atoms with Gasteiger partial charge in [0.05, 0.1) is 28.9 Å². The number of hydrogen-bond donors (Lipinski definition) is 2. The molecule has 2 heterocycles. The summed E-state index contributed by atoms with van der Waals surface area (Å²) in [4.78, 5) is 11.6. The molecule has 132 valence electrons. The van der Waals surface area contributed by atoms with Gasteiger partial charge in [-0.1, -0.05) is 30.3 Å². The number of sulfonamides is 1. The van der Waals surface area contributed by atoms with Gasteiger partial charge in [0, 0.05) is 18.3 Å². The van der Waals surface area contributed by atoms with Crippen LogP contribution in [0.1, 0.15) is 5.56 Å². The fourth-order valence-electron chi connectivity index (χ4n) is 3.03. The standard InChI is InChI=1S/C18H16N4O3S/c1-22-18(12-5-3-2-4-6-12)16(11-19-22)21-26(24,25)14-7-8-15-13(9-14)10-17(23)20-15/h2-9,11,21H,10H2,1H3,(H,20,23). The molecule has 8 heteroatoms. The summed E-state index contributed by atoms with van der Waals surface area (Å²) < 4.78 is 29.9. The van der Waals surface area contributed by atoms with Crippen molar-refractivity contribution in [3.8, 4) is 11.3 Å². The molecule has 1 aliphatic rings. The molecule has 2 N–H and O–H groups in total. The van der Waals surface area contributed by atoms with Gasteiger partial charge in [-0.2, -0.15) is 5.10 Å². The molecule has 3 aromatic rings. The normalized spacial score (nSPS) is 13.3. The van der Waals surface area contributed by atoms with Gasteiger partial charge in [-0.25, -0.2) is 8.42 Å². The molecule has 0 saturated carbocycles. The van der Waals surface area contributed by atoms with E-state index >= 15 is 0 Å². The van der Waals surface area contributed by atoms with Crippen molar-refractivity contribution in [1.29, 1.82) is 0 Å². The number of hydrogen-bond acceptors (Lipinski definition) is 4. The van der Waals surface area contributed by atoms with Gasteiger partial charge >= 0.3 is 0 Å². The monoisotopic (exact) mass is 368 g/mol. The van der Waals surface area contributed by atoms with E-state index in [9.17, 15) is 13.2 Å². The van der Waals surface area contributed by atoms with E-state index in [0.29, 0.717) is 22.6 Å². The third-order valence-corrected chi connectivity index (χ3v) is 5.61. The molecule has 1 aliphatic heterocycles. The first-order chi connectivity index (χ1) is 12.4. The molecule has 4 rings (SSSR count). The average molecular weight is 368 g/mol. The Bertz CT molecular complexity index is 1100. The van der Waals surface area contributed by atoms with Crippen LogP contribution in [0.3, 0.4) is 0 Å². The molecule has 0 fully saturated rings. The number of nitrogens with one attached hydrogen (secondary N) is 2. The lowest BCUT2D eigenvalue weighted by atomic mass is 10.1. The number of carbonyl (C=O) groups is 1. The fourth-order valence-corrected chi connectivity index (χ4v) is 4.13. The average Bonchev–Trinajstić information content (AvgIpc) is 3.16. The van der Waals surface area contributed by atoms with E-state index in [1.165, 1.54) is 18.3 Å². The number of nitrogens with zero attached hydrogens (tertiary/aromatic N) is 2. The van der Waals surface area contributed by atoms with Crippen LogP contribution in [0.4, 0.5) is 11.4 Å². The Labute approximate surface area is 150 Å². The molecule has 0 radical (unpaired) electrons. The highest BCUT2D eigenvalue weighted by molar-refractivity contribution is 7.92. The van der Waals surface area contributed by atoms with Gasteiger partial charge in [0.25, 0.3) is 10.0 Å². The van der Waals surface area contributed by atoms with Crippen molar-refractivity contribution in [2.75, 3.05) is 10.0 Å². The van der Waals surface area contributed by atoms with Crippen LogP contribution in [0.5, 0.6) is 0 Å². The topological polar surface area (TPSA) is 93.1 Å². The Morgan fingerprint density at radius 1 is 1.15 bits per heavy atom. The molecular weight excluding hydrogens is 352 g/mol. The fraction of sp³-hybridized carbons (Fsp3) is 0.111. The molecule has 0 saturated heterocycles. The Balaban J connectivity index is 1.70. The summed E-state index contributed by atoms with van der Waals surface area (Å²) >= 11 is 0. The summed E-state index contributed by atoms with van der Waals surface area (Å²) in [5, 5.41) is 6.87. The molecule has 0 aliphatic carbocycles. The van der Waals surface area contributed by atoms with E-state index in [1.807, 2.05) is 30.3 Å². The van der Waals surface area contributed by atoms with Gasteiger partial charge in [-0.05, 0) is 23.8 Å². The first kappa shape index (κ1) is 16.3. The quantitative estimate of drug-likeness (QED) is 0.739. The second-order valence-electron chi connectivity index (χ2n) is 6.05. The van der Waals surface area contributed by atoms with Crippen molar-refractivity contribution in [2.45, 2.75) is 11.3 Å². The number of amides is 1. The highest BCUT2D eigenvalue weighted by atomic mass is 32.2. The Kier molecular flexibility index (Phi) is 3.77. The minimum Gasteiger partial charge on any atom is -0.326 e. The van der Waals surface area contributed by atoms with E-state index in [-0.39, 0.29) is 17.2 Å². The molecule has 0 bridgehead atoms. The SMILES string of the molecule is Cn1ncc(NS(=O)(=O)c2ccc3c(c2)CC(=O)N3)c1-c1ccccc1. The smallest absolute Gasteiger partial charge is 0.262 e. The van der Waals surface area contributed by atoms with Gasteiger partial charge in [-0.15, -0.1) is 0 Å². The third-order valence-electron chi connectivity index (χ3n) is 4.24. The van der Waals surface area contributed by atoms with Crippen molar-refractivity contribution < 1.29 is 13.2 Å². The molecule has 0 atom stereocenters. The Morgan fingerprint density at radius 3 is 2.69 bits per heavy atom. The highest BCUT2D eigenvalue weighted by Crippen LogP contribution is 2.30. The van der Waals surface area contributed by atoms with Crippen molar-refractivity contribution in [3.63, 3.8) is 0 Å². The lowest BCUT2D eigenvalue weighted by Gasteiger charge is -2.11. The molecule has 1 amide bonds. The van der Waals surface area contributed by atoms with Crippen LogP contribution < -0.4 is 10.0 Å². The van der Waals surface area contributed by atoms with Gasteiger partial charge < -0.3 is 5.32 Å². The molecule has 26 heavy (non-hydrogen) atoms. The predicted molar refractivity (Wildman–Crippen MR) is 98.2 cm³/mol. The second kappa shape index (κ2) is 5.99. The summed E-state index contributed by atoms with van der Waals surface area (Å²) in [6, 6.07) is 14.0. The number of aryl methyl sites for hydroxylation is 1. The second-order valence-corrected chi connectivity index (χ2v) is 7.73. The van der Waals surface area contributed by atoms with Gasteiger partial charge in [0.1, 0.15) is 0 Å². The van der Waals surface area contributed by atoms with Crippen LogP contribution in [0.15, 0.2) is 59.6 Å². The summed E-state index contributed by atoms with van der Waals surface area (Å²) in [6.07, 6.45) is 1.67. The summed E-state index contributed by atoms with van der Waals surface area (Å²) in [6.45, 7) is 0. The molecular formula is C18H16N4O3S. The number of anilines is 2. The molecule has 0 spiro atoms. The Hall–Kier alpha value is -3.13. The molecule has 7 nitrogen and oxygen atoms in total. The first-order valence-corrected chi connectivity index (χ1v) is 9.45. The summed E-state index contributed by atoms with van der Waals surface area (Å²) in [7, 11) is -2.06. The number of fused-ring (bicyclic) bond motifs is 1. The van der Waals surface area contributed by atoms with Crippen molar-refractivity contribution in [1.82, 2.24) is 9.78 Å². The lowest BCUT2D eigenvalue weighted by molar-refractivity contribution is -0.115. The van der Waals surface area contributed by atoms with Gasteiger partial charge in [0.15, 0.2) is 0 Å². The molecule has 1 aromatic heterocycles.